The first-order chi connectivity index (χ1) is 6.95. The molecule has 1 fully saturated rings. The highest BCUT2D eigenvalue weighted by atomic mass is 32.2. The minimum Gasteiger partial charge on any atom is -0.373 e. The molecule has 15 heavy (non-hydrogen) atoms. The van der Waals surface area contributed by atoms with E-state index in [0.717, 1.165) is 0 Å². The van der Waals surface area contributed by atoms with Gasteiger partial charge >= 0.3 is 0 Å². The van der Waals surface area contributed by atoms with Gasteiger partial charge < -0.3 is 10.5 Å². The molecule has 1 aliphatic heterocycles. The summed E-state index contributed by atoms with van der Waals surface area (Å²) in [5, 5.41) is 0. The number of hydrogen-bond donors (Lipinski definition) is 2. The van der Waals surface area contributed by atoms with Gasteiger partial charge in [0.2, 0.25) is 0 Å². The van der Waals surface area contributed by atoms with Gasteiger partial charge in [0.05, 0.1) is 12.2 Å². The van der Waals surface area contributed by atoms with Crippen LogP contribution in [0.2, 0.25) is 0 Å². The predicted molar refractivity (Wildman–Crippen MR) is 57.6 cm³/mol. The van der Waals surface area contributed by atoms with Gasteiger partial charge in [-0.2, -0.15) is 12.7 Å². The van der Waals surface area contributed by atoms with Gasteiger partial charge in [0.15, 0.2) is 0 Å². The molecule has 0 radical (unpaired) electrons. The van der Waals surface area contributed by atoms with Crippen molar-refractivity contribution in [2.45, 2.75) is 26.1 Å². The van der Waals surface area contributed by atoms with Gasteiger partial charge in [-0.05, 0) is 13.8 Å². The van der Waals surface area contributed by atoms with Crippen LogP contribution in [-0.2, 0) is 14.9 Å². The Balaban J connectivity index is 2.61. The molecule has 2 atom stereocenters. The minimum absolute atomic E-state index is 0.0665. The van der Waals surface area contributed by atoms with E-state index in [9.17, 15) is 8.42 Å². The molecule has 3 N–H and O–H groups in total. The van der Waals surface area contributed by atoms with Crippen LogP contribution in [0.1, 0.15) is 13.8 Å². The second-order valence-corrected chi connectivity index (χ2v) is 5.52. The normalized spacial score (nSPS) is 29.3. The van der Waals surface area contributed by atoms with E-state index in [-0.39, 0.29) is 18.8 Å². The summed E-state index contributed by atoms with van der Waals surface area (Å²) in [6.45, 7) is 5.08. The molecular formula is C8H19N3O3S. The summed E-state index contributed by atoms with van der Waals surface area (Å²) in [5.41, 5.74) is 5.25. The fraction of sp³-hybridized carbons (Fsp3) is 1.00. The van der Waals surface area contributed by atoms with Crippen LogP contribution >= 0.6 is 0 Å². The van der Waals surface area contributed by atoms with Crippen molar-refractivity contribution in [3.8, 4) is 0 Å². The lowest BCUT2D eigenvalue weighted by Gasteiger charge is -2.34. The lowest BCUT2D eigenvalue weighted by Crippen LogP contribution is -2.52. The fourth-order valence-corrected chi connectivity index (χ4v) is 2.98. The van der Waals surface area contributed by atoms with Crippen LogP contribution in [0.3, 0.4) is 0 Å². The Kier molecular flexibility index (Phi) is 4.47. The Morgan fingerprint density at radius 2 is 1.93 bits per heavy atom. The molecular weight excluding hydrogens is 218 g/mol. The molecule has 0 aliphatic carbocycles. The van der Waals surface area contributed by atoms with Crippen molar-refractivity contribution in [3.63, 3.8) is 0 Å². The van der Waals surface area contributed by atoms with Crippen molar-refractivity contribution in [3.05, 3.63) is 0 Å². The first-order valence-corrected chi connectivity index (χ1v) is 6.50. The van der Waals surface area contributed by atoms with Gasteiger partial charge in [0.25, 0.3) is 10.2 Å². The van der Waals surface area contributed by atoms with E-state index in [1.165, 1.54) is 4.31 Å². The zero-order chi connectivity index (χ0) is 11.5. The monoisotopic (exact) mass is 237 g/mol. The molecule has 1 saturated heterocycles. The summed E-state index contributed by atoms with van der Waals surface area (Å²) >= 11 is 0. The second kappa shape index (κ2) is 5.22. The SMILES string of the molecule is CC1CN(S(=O)(=O)NCCN)CC(C)O1. The second-order valence-electron chi connectivity index (χ2n) is 3.76. The maximum Gasteiger partial charge on any atom is 0.279 e. The Bertz CT molecular complexity index is 284. The Morgan fingerprint density at radius 1 is 1.40 bits per heavy atom. The molecule has 0 aromatic heterocycles. The largest absolute Gasteiger partial charge is 0.373 e. The van der Waals surface area contributed by atoms with E-state index < -0.39 is 10.2 Å². The van der Waals surface area contributed by atoms with E-state index in [1.807, 2.05) is 13.8 Å². The summed E-state index contributed by atoms with van der Waals surface area (Å²) in [4.78, 5) is 0. The lowest BCUT2D eigenvalue weighted by atomic mass is 10.3. The van der Waals surface area contributed by atoms with Gasteiger partial charge in [-0.3, -0.25) is 0 Å². The van der Waals surface area contributed by atoms with Gasteiger partial charge in [0, 0.05) is 26.2 Å². The average molecular weight is 237 g/mol. The summed E-state index contributed by atoms with van der Waals surface area (Å²) in [6.07, 6.45) is -0.133. The van der Waals surface area contributed by atoms with Crippen LogP contribution < -0.4 is 10.5 Å². The zero-order valence-corrected chi connectivity index (χ0v) is 9.96. The number of nitrogens with zero attached hydrogens (tertiary/aromatic N) is 1. The van der Waals surface area contributed by atoms with Crippen molar-refractivity contribution in [2.75, 3.05) is 26.2 Å². The molecule has 2 unspecified atom stereocenters. The van der Waals surface area contributed by atoms with Crippen LogP contribution in [-0.4, -0.2) is 51.1 Å². The lowest BCUT2D eigenvalue weighted by molar-refractivity contribution is -0.0443. The van der Waals surface area contributed by atoms with Gasteiger partial charge in [0.1, 0.15) is 0 Å². The fourth-order valence-electron chi connectivity index (χ4n) is 1.61. The number of nitrogens with two attached hydrogens (primary N) is 1. The average Bonchev–Trinajstić information content (AvgIpc) is 2.13. The van der Waals surface area contributed by atoms with E-state index >= 15 is 0 Å². The first kappa shape index (κ1) is 12.9. The molecule has 0 aromatic carbocycles. The quantitative estimate of drug-likeness (QED) is 0.649. The van der Waals surface area contributed by atoms with Crippen LogP contribution in [0, 0.1) is 0 Å². The maximum atomic E-state index is 11.7. The van der Waals surface area contributed by atoms with Crippen LogP contribution in [0.5, 0.6) is 0 Å². The van der Waals surface area contributed by atoms with E-state index in [2.05, 4.69) is 4.72 Å². The van der Waals surface area contributed by atoms with Gasteiger partial charge in [-0.1, -0.05) is 0 Å². The molecule has 90 valence electrons. The predicted octanol–water partition coefficient (Wildman–Crippen LogP) is -1.11. The molecule has 1 rings (SSSR count). The highest BCUT2D eigenvalue weighted by Gasteiger charge is 2.30. The third-order valence-corrected chi connectivity index (χ3v) is 3.70. The molecule has 0 aromatic rings. The van der Waals surface area contributed by atoms with E-state index in [0.29, 0.717) is 19.6 Å². The molecule has 0 spiro atoms. The molecule has 6 nitrogen and oxygen atoms in total. The van der Waals surface area contributed by atoms with Crippen molar-refractivity contribution < 1.29 is 13.2 Å². The summed E-state index contributed by atoms with van der Waals surface area (Å²) in [5.74, 6) is 0. The molecule has 0 saturated carbocycles. The third-order valence-electron chi connectivity index (χ3n) is 2.15. The third kappa shape index (κ3) is 3.69. The Labute approximate surface area is 90.9 Å². The van der Waals surface area contributed by atoms with E-state index in [1.54, 1.807) is 0 Å². The van der Waals surface area contributed by atoms with Crippen molar-refractivity contribution in [1.29, 1.82) is 0 Å². The number of ether oxygens (including phenoxy) is 1. The van der Waals surface area contributed by atoms with Crippen LogP contribution in [0.4, 0.5) is 0 Å². The topological polar surface area (TPSA) is 84.7 Å². The minimum atomic E-state index is -3.39. The van der Waals surface area contributed by atoms with Crippen molar-refractivity contribution in [2.24, 2.45) is 5.73 Å². The number of hydrogen-bond acceptors (Lipinski definition) is 4. The Morgan fingerprint density at radius 3 is 2.40 bits per heavy atom. The van der Waals surface area contributed by atoms with E-state index in [4.69, 9.17) is 10.5 Å². The summed E-state index contributed by atoms with van der Waals surface area (Å²) in [7, 11) is -3.39. The van der Waals surface area contributed by atoms with Gasteiger partial charge in [-0.15, -0.1) is 0 Å². The van der Waals surface area contributed by atoms with Crippen molar-refractivity contribution in [1.82, 2.24) is 9.03 Å². The van der Waals surface area contributed by atoms with Gasteiger partial charge in [-0.25, -0.2) is 4.72 Å². The molecule has 7 heteroatoms. The zero-order valence-electron chi connectivity index (χ0n) is 9.14. The number of morpholine rings is 1. The first-order valence-electron chi connectivity index (χ1n) is 5.06. The molecule has 1 aliphatic rings. The van der Waals surface area contributed by atoms with Crippen LogP contribution in [0.25, 0.3) is 0 Å². The molecule has 1 heterocycles. The summed E-state index contributed by atoms with van der Waals surface area (Å²) in [6, 6.07) is 0. The number of rotatable bonds is 4. The smallest absolute Gasteiger partial charge is 0.279 e. The maximum absolute atomic E-state index is 11.7. The highest BCUT2D eigenvalue weighted by molar-refractivity contribution is 7.87. The molecule has 0 bridgehead atoms. The Hall–Kier alpha value is -0.210. The van der Waals surface area contributed by atoms with Crippen molar-refractivity contribution >= 4 is 10.2 Å². The molecule has 0 amide bonds. The number of nitrogens with one attached hydrogen (secondary N) is 1. The summed E-state index contributed by atoms with van der Waals surface area (Å²) < 4.78 is 32.8. The standard InChI is InChI=1S/C8H19N3O3S/c1-7-5-11(6-8(2)14-7)15(12,13)10-4-3-9/h7-8,10H,3-6,9H2,1-2H3. The highest BCUT2D eigenvalue weighted by Crippen LogP contribution is 2.13. The van der Waals surface area contributed by atoms with Crippen LogP contribution in [0.15, 0.2) is 0 Å².